The van der Waals surface area contributed by atoms with Crippen molar-refractivity contribution in [3.8, 4) is 0 Å². The van der Waals surface area contributed by atoms with Gasteiger partial charge in [-0.15, -0.1) is 5.10 Å². The Morgan fingerprint density at radius 3 is 2.33 bits per heavy atom. The molecule has 0 aliphatic heterocycles. The number of aromatic nitrogens is 4. The van der Waals surface area contributed by atoms with Crippen LogP contribution in [0.3, 0.4) is 0 Å². The number of hydrogen-bond acceptors (Lipinski definition) is 4. The average molecular weight is 502 g/mol. The molecule has 182 valence electrons. The minimum Gasteiger partial charge on any atom is -0.350 e. The van der Waals surface area contributed by atoms with Crippen LogP contribution >= 0.6 is 11.6 Å². The second kappa shape index (κ2) is 9.47. The highest BCUT2D eigenvalue weighted by Gasteiger charge is 2.19. The molecule has 2 heterocycles. The third-order valence-electron chi connectivity index (χ3n) is 5.89. The summed E-state index contributed by atoms with van der Waals surface area (Å²) in [5.74, 6) is -0.0770. The molecular weight excluding hydrogens is 478 g/mol. The summed E-state index contributed by atoms with van der Waals surface area (Å²) < 4.78 is 4.22. The van der Waals surface area contributed by atoms with Crippen molar-refractivity contribution >= 4 is 34.2 Å². The van der Waals surface area contributed by atoms with Crippen molar-refractivity contribution in [2.75, 3.05) is 0 Å². The van der Waals surface area contributed by atoms with E-state index in [1.165, 1.54) is 13.6 Å². The van der Waals surface area contributed by atoms with Gasteiger partial charge in [-0.25, -0.2) is 13.9 Å². The zero-order valence-corrected chi connectivity index (χ0v) is 20.6. The molecule has 0 unspecified atom stereocenters. The predicted octanol–water partition coefficient (Wildman–Crippen LogP) is 3.70. The summed E-state index contributed by atoms with van der Waals surface area (Å²) in [7, 11) is 0. The van der Waals surface area contributed by atoms with Gasteiger partial charge in [0, 0.05) is 16.6 Å². The number of amides is 1. The third kappa shape index (κ3) is 4.43. The van der Waals surface area contributed by atoms with Crippen molar-refractivity contribution in [3.63, 3.8) is 0 Å². The van der Waals surface area contributed by atoms with Gasteiger partial charge in [-0.3, -0.25) is 14.2 Å². The fourth-order valence-corrected chi connectivity index (χ4v) is 4.30. The first-order chi connectivity index (χ1) is 17.3. The van der Waals surface area contributed by atoms with E-state index in [4.69, 9.17) is 11.6 Å². The van der Waals surface area contributed by atoms with Crippen LogP contribution in [0.4, 0.5) is 0 Å². The number of nitrogens with zero attached hydrogens (tertiary/aromatic N) is 4. The first kappa shape index (κ1) is 23.6. The van der Waals surface area contributed by atoms with E-state index in [1.54, 1.807) is 30.3 Å². The molecule has 1 N–H and O–H groups in total. The Bertz CT molecular complexity index is 1700. The lowest BCUT2D eigenvalue weighted by molar-refractivity contribution is 0.0943. The number of fused-ring (bicyclic) bond motifs is 3. The van der Waals surface area contributed by atoms with Crippen molar-refractivity contribution < 1.29 is 4.79 Å². The van der Waals surface area contributed by atoms with E-state index >= 15 is 0 Å². The van der Waals surface area contributed by atoms with Gasteiger partial charge in [0.15, 0.2) is 0 Å². The summed E-state index contributed by atoms with van der Waals surface area (Å²) in [5, 5.41) is 8.32. The summed E-state index contributed by atoms with van der Waals surface area (Å²) in [6, 6.07) is 21.4. The molecule has 9 heteroatoms. The molecule has 36 heavy (non-hydrogen) atoms. The number of benzene rings is 3. The SMILES string of the molecule is CC(C)NC(=O)c1ccc2c(=O)n(Cc3ccccc3)c3nn(Cc4ccc(Cl)cc4)c(=O)n3c2c1. The summed E-state index contributed by atoms with van der Waals surface area (Å²) in [5.41, 5.74) is 1.73. The van der Waals surface area contributed by atoms with E-state index in [2.05, 4.69) is 10.4 Å². The van der Waals surface area contributed by atoms with Crippen LogP contribution < -0.4 is 16.6 Å². The number of carbonyl (C=O) groups is 1. The molecule has 0 atom stereocenters. The molecule has 2 aromatic heterocycles. The van der Waals surface area contributed by atoms with Crippen LogP contribution in [-0.2, 0) is 13.1 Å². The summed E-state index contributed by atoms with van der Waals surface area (Å²) in [4.78, 5) is 39.9. The van der Waals surface area contributed by atoms with E-state index in [9.17, 15) is 14.4 Å². The first-order valence-corrected chi connectivity index (χ1v) is 11.9. The minimum atomic E-state index is -0.409. The molecule has 0 saturated heterocycles. The molecule has 3 aromatic carbocycles. The van der Waals surface area contributed by atoms with Gasteiger partial charge in [0.1, 0.15) is 0 Å². The Morgan fingerprint density at radius 1 is 0.944 bits per heavy atom. The van der Waals surface area contributed by atoms with Gasteiger partial charge in [-0.1, -0.05) is 54.1 Å². The van der Waals surface area contributed by atoms with Crippen molar-refractivity contribution in [1.29, 1.82) is 0 Å². The highest BCUT2D eigenvalue weighted by Crippen LogP contribution is 2.16. The van der Waals surface area contributed by atoms with Gasteiger partial charge in [0.05, 0.1) is 24.0 Å². The number of rotatable bonds is 6. The fraction of sp³-hybridized carbons (Fsp3) is 0.185. The van der Waals surface area contributed by atoms with Crippen LogP contribution in [0.25, 0.3) is 16.7 Å². The van der Waals surface area contributed by atoms with Crippen LogP contribution in [0.2, 0.25) is 5.02 Å². The predicted molar refractivity (Wildman–Crippen MR) is 140 cm³/mol. The Hall–Kier alpha value is -4.17. The Balaban J connectivity index is 1.75. The standard InChI is InChI=1S/C27H24ClN5O3/c1-17(2)29-24(34)20-10-13-22-23(14-20)33-26(31(25(22)35)15-18-6-4-3-5-7-18)30-32(27(33)36)16-19-8-11-21(28)12-9-19/h3-14,17H,15-16H2,1-2H3,(H,29,34). The smallest absolute Gasteiger partial charge is 0.350 e. The van der Waals surface area contributed by atoms with Gasteiger partial charge in [0.25, 0.3) is 11.5 Å². The molecule has 8 nitrogen and oxygen atoms in total. The van der Waals surface area contributed by atoms with Crippen molar-refractivity contribution in [1.82, 2.24) is 24.1 Å². The third-order valence-corrected chi connectivity index (χ3v) is 6.14. The maximum Gasteiger partial charge on any atom is 0.352 e. The van der Waals surface area contributed by atoms with Crippen LogP contribution in [0.15, 0.2) is 82.4 Å². The normalized spacial score (nSPS) is 11.4. The summed E-state index contributed by atoms with van der Waals surface area (Å²) in [6.07, 6.45) is 0. The minimum absolute atomic E-state index is 0.0584. The zero-order valence-electron chi connectivity index (χ0n) is 19.8. The second-order valence-electron chi connectivity index (χ2n) is 8.94. The highest BCUT2D eigenvalue weighted by molar-refractivity contribution is 6.30. The lowest BCUT2D eigenvalue weighted by atomic mass is 10.1. The first-order valence-electron chi connectivity index (χ1n) is 11.6. The quantitative estimate of drug-likeness (QED) is 0.384. The lowest BCUT2D eigenvalue weighted by Gasteiger charge is -2.12. The van der Waals surface area contributed by atoms with Crippen molar-refractivity contribution in [2.45, 2.75) is 33.0 Å². The van der Waals surface area contributed by atoms with E-state index in [1.807, 2.05) is 56.3 Å². The molecular formula is C27H24ClN5O3. The van der Waals surface area contributed by atoms with Gasteiger partial charge in [-0.05, 0) is 55.3 Å². The Morgan fingerprint density at radius 2 is 1.64 bits per heavy atom. The Kier molecular flexibility index (Phi) is 6.20. The molecule has 0 bridgehead atoms. The van der Waals surface area contributed by atoms with Crippen LogP contribution in [0.5, 0.6) is 0 Å². The van der Waals surface area contributed by atoms with Crippen LogP contribution in [0, 0.1) is 0 Å². The number of carbonyl (C=O) groups excluding carboxylic acids is 1. The maximum absolute atomic E-state index is 13.6. The number of hydrogen-bond donors (Lipinski definition) is 1. The maximum atomic E-state index is 13.6. The van der Waals surface area contributed by atoms with Crippen LogP contribution in [-0.4, -0.2) is 30.7 Å². The molecule has 5 aromatic rings. The molecule has 5 rings (SSSR count). The molecule has 0 saturated carbocycles. The van der Waals surface area contributed by atoms with Gasteiger partial charge in [-0.2, -0.15) is 0 Å². The molecule has 0 aliphatic rings. The van der Waals surface area contributed by atoms with E-state index in [0.29, 0.717) is 21.5 Å². The molecule has 0 radical (unpaired) electrons. The van der Waals surface area contributed by atoms with Crippen molar-refractivity contribution in [3.05, 3.63) is 115 Å². The monoisotopic (exact) mass is 501 g/mol. The van der Waals surface area contributed by atoms with Crippen molar-refractivity contribution in [2.24, 2.45) is 0 Å². The lowest BCUT2D eigenvalue weighted by Crippen LogP contribution is -2.30. The van der Waals surface area contributed by atoms with Crippen LogP contribution in [0.1, 0.15) is 35.3 Å². The summed E-state index contributed by atoms with van der Waals surface area (Å²) in [6.45, 7) is 4.17. The van der Waals surface area contributed by atoms with E-state index in [0.717, 1.165) is 11.1 Å². The zero-order chi connectivity index (χ0) is 25.4. The van der Waals surface area contributed by atoms with Gasteiger partial charge in [0.2, 0.25) is 5.78 Å². The second-order valence-corrected chi connectivity index (χ2v) is 9.38. The molecule has 0 spiro atoms. The highest BCUT2D eigenvalue weighted by atomic mass is 35.5. The average Bonchev–Trinajstić information content (AvgIpc) is 3.18. The van der Waals surface area contributed by atoms with E-state index < -0.39 is 5.69 Å². The largest absolute Gasteiger partial charge is 0.352 e. The molecule has 1 amide bonds. The number of halogens is 1. The molecule has 0 aliphatic carbocycles. The van der Waals surface area contributed by atoms with Gasteiger partial charge >= 0.3 is 5.69 Å². The topological polar surface area (TPSA) is 90.4 Å². The fourth-order valence-electron chi connectivity index (χ4n) is 4.18. The molecule has 0 fully saturated rings. The summed E-state index contributed by atoms with van der Waals surface area (Å²) >= 11 is 6.00. The van der Waals surface area contributed by atoms with Gasteiger partial charge < -0.3 is 5.32 Å². The van der Waals surface area contributed by atoms with E-state index in [-0.39, 0.29) is 36.4 Å². The number of nitrogens with one attached hydrogen (secondary N) is 1. The Labute approximate surface area is 211 Å².